The van der Waals surface area contributed by atoms with Crippen LogP contribution in [-0.2, 0) is 13.6 Å². The molecule has 0 fully saturated rings. The van der Waals surface area contributed by atoms with Gasteiger partial charge in [0.2, 0.25) is 0 Å². The van der Waals surface area contributed by atoms with E-state index in [2.05, 4.69) is 4.98 Å². The van der Waals surface area contributed by atoms with Gasteiger partial charge in [0.25, 0.3) is 0 Å². The van der Waals surface area contributed by atoms with Crippen molar-refractivity contribution in [2.45, 2.75) is 13.8 Å². The summed E-state index contributed by atoms with van der Waals surface area (Å²) in [5, 5.41) is -0.534. The third-order valence-corrected chi connectivity index (χ3v) is 4.11. The standard InChI is InChI=1S/C9H12ClFNO3P/c1-3-14-16(13,15-4-2)7-5-6-12-9(10)8(7)11/h5-6H,3-4H2,1-2H3. The average Bonchev–Trinajstić information content (AvgIpc) is 2.22. The molecule has 0 aromatic carbocycles. The highest BCUT2D eigenvalue weighted by Gasteiger charge is 2.31. The molecular weight excluding hydrogens is 256 g/mol. The molecular formula is C9H12ClFNO3P. The summed E-state index contributed by atoms with van der Waals surface area (Å²) in [4.78, 5) is 3.53. The van der Waals surface area contributed by atoms with Gasteiger partial charge in [-0.3, -0.25) is 4.57 Å². The Hall–Kier alpha value is -0.480. The predicted molar refractivity (Wildman–Crippen MR) is 59.7 cm³/mol. The van der Waals surface area contributed by atoms with Crippen molar-refractivity contribution in [3.63, 3.8) is 0 Å². The highest BCUT2D eigenvalue weighted by atomic mass is 35.5. The van der Waals surface area contributed by atoms with Gasteiger partial charge in [-0.05, 0) is 19.9 Å². The van der Waals surface area contributed by atoms with Crippen LogP contribution in [0, 0.1) is 5.82 Å². The zero-order valence-electron chi connectivity index (χ0n) is 8.94. The SMILES string of the molecule is CCOP(=O)(OCC)c1ccnc(Cl)c1F. The number of aromatic nitrogens is 1. The van der Waals surface area contributed by atoms with Gasteiger partial charge in [0.15, 0.2) is 11.0 Å². The van der Waals surface area contributed by atoms with E-state index in [4.69, 9.17) is 20.6 Å². The largest absolute Gasteiger partial charge is 0.364 e. The maximum atomic E-state index is 13.6. The van der Waals surface area contributed by atoms with E-state index in [0.29, 0.717) is 0 Å². The van der Waals surface area contributed by atoms with Crippen LogP contribution in [0.5, 0.6) is 0 Å². The van der Waals surface area contributed by atoms with Crippen LogP contribution in [0.15, 0.2) is 12.3 Å². The maximum Gasteiger partial charge on any atom is 0.364 e. The Labute approximate surface area is 98.3 Å². The Morgan fingerprint density at radius 1 is 1.44 bits per heavy atom. The molecule has 0 aliphatic rings. The lowest BCUT2D eigenvalue weighted by molar-refractivity contribution is 0.229. The highest BCUT2D eigenvalue weighted by molar-refractivity contribution is 7.62. The van der Waals surface area contributed by atoms with Crippen LogP contribution in [0.4, 0.5) is 4.39 Å². The minimum atomic E-state index is -3.64. The van der Waals surface area contributed by atoms with Gasteiger partial charge in [-0.25, -0.2) is 9.37 Å². The molecule has 0 saturated heterocycles. The molecule has 0 aliphatic heterocycles. The van der Waals surface area contributed by atoms with Gasteiger partial charge in [0.05, 0.1) is 13.2 Å². The summed E-state index contributed by atoms with van der Waals surface area (Å²) in [6, 6.07) is 1.24. The Kier molecular flexibility index (Phi) is 4.87. The van der Waals surface area contributed by atoms with E-state index in [-0.39, 0.29) is 23.7 Å². The third kappa shape index (κ3) is 2.80. The molecule has 90 valence electrons. The highest BCUT2D eigenvalue weighted by Crippen LogP contribution is 2.47. The van der Waals surface area contributed by atoms with Gasteiger partial charge in [-0.2, -0.15) is 0 Å². The second kappa shape index (κ2) is 5.73. The van der Waals surface area contributed by atoms with Crippen molar-refractivity contribution in [3.8, 4) is 0 Å². The molecule has 16 heavy (non-hydrogen) atoms. The average molecular weight is 268 g/mol. The van der Waals surface area contributed by atoms with E-state index < -0.39 is 13.4 Å². The molecule has 0 saturated carbocycles. The van der Waals surface area contributed by atoms with E-state index in [9.17, 15) is 8.96 Å². The lowest BCUT2D eigenvalue weighted by Gasteiger charge is -2.17. The molecule has 1 rings (SSSR count). The number of halogens is 2. The van der Waals surface area contributed by atoms with Crippen molar-refractivity contribution >= 4 is 24.5 Å². The van der Waals surface area contributed by atoms with Gasteiger partial charge in [0.1, 0.15) is 5.30 Å². The van der Waals surface area contributed by atoms with Gasteiger partial charge < -0.3 is 9.05 Å². The van der Waals surface area contributed by atoms with Crippen molar-refractivity contribution in [1.82, 2.24) is 4.98 Å². The van der Waals surface area contributed by atoms with E-state index in [1.165, 1.54) is 12.3 Å². The summed E-state index contributed by atoms with van der Waals surface area (Å²) in [6.45, 7) is 3.59. The van der Waals surface area contributed by atoms with Crippen molar-refractivity contribution in [1.29, 1.82) is 0 Å². The van der Waals surface area contributed by atoms with Crippen LogP contribution in [0.25, 0.3) is 0 Å². The third-order valence-electron chi connectivity index (χ3n) is 1.72. The minimum Gasteiger partial charge on any atom is -0.305 e. The molecule has 0 N–H and O–H groups in total. The molecule has 7 heteroatoms. The Bertz CT molecular complexity index is 406. The lowest BCUT2D eigenvalue weighted by atomic mass is 10.5. The predicted octanol–water partition coefficient (Wildman–Crippen LogP) is 2.77. The summed E-state index contributed by atoms with van der Waals surface area (Å²) < 4.78 is 35.8. The summed E-state index contributed by atoms with van der Waals surface area (Å²) in [5.41, 5.74) is 0. The Morgan fingerprint density at radius 3 is 2.50 bits per heavy atom. The first-order valence-corrected chi connectivity index (χ1v) is 6.67. The molecule has 0 atom stereocenters. The molecule has 1 aromatic rings. The van der Waals surface area contributed by atoms with Crippen LogP contribution < -0.4 is 5.30 Å². The van der Waals surface area contributed by atoms with E-state index in [1.54, 1.807) is 13.8 Å². The van der Waals surface area contributed by atoms with Crippen molar-refractivity contribution in [2.24, 2.45) is 0 Å². The Balaban J connectivity index is 3.21. The van der Waals surface area contributed by atoms with Crippen LogP contribution in [0.1, 0.15) is 13.8 Å². The topological polar surface area (TPSA) is 48.4 Å². The fourth-order valence-corrected chi connectivity index (χ4v) is 2.99. The first-order chi connectivity index (χ1) is 7.55. The fourth-order valence-electron chi connectivity index (χ4n) is 1.14. The van der Waals surface area contributed by atoms with Crippen molar-refractivity contribution < 1.29 is 18.0 Å². The van der Waals surface area contributed by atoms with Crippen molar-refractivity contribution in [3.05, 3.63) is 23.2 Å². The van der Waals surface area contributed by atoms with Gasteiger partial charge in [0, 0.05) is 6.20 Å². The fraction of sp³-hybridized carbons (Fsp3) is 0.444. The number of hydrogen-bond donors (Lipinski definition) is 0. The summed E-state index contributed by atoms with van der Waals surface area (Å²) >= 11 is 5.50. The molecule has 0 amide bonds. The van der Waals surface area contributed by atoms with Crippen LogP contribution in [0.2, 0.25) is 5.15 Å². The zero-order valence-corrected chi connectivity index (χ0v) is 10.6. The second-order valence-electron chi connectivity index (χ2n) is 2.77. The molecule has 0 spiro atoms. The molecule has 0 unspecified atom stereocenters. The van der Waals surface area contributed by atoms with Gasteiger partial charge in [-0.15, -0.1) is 0 Å². The first kappa shape index (κ1) is 13.6. The number of nitrogens with zero attached hydrogens (tertiary/aromatic N) is 1. The monoisotopic (exact) mass is 267 g/mol. The minimum absolute atomic E-state index is 0.149. The first-order valence-electron chi connectivity index (χ1n) is 4.74. The van der Waals surface area contributed by atoms with Gasteiger partial charge in [-0.1, -0.05) is 11.6 Å². The van der Waals surface area contributed by atoms with Crippen LogP contribution >= 0.6 is 19.2 Å². The molecule has 1 aromatic heterocycles. The summed E-state index contributed by atoms with van der Waals surface area (Å²) in [6.07, 6.45) is 1.26. The van der Waals surface area contributed by atoms with Crippen LogP contribution in [-0.4, -0.2) is 18.2 Å². The number of rotatable bonds is 5. The zero-order chi connectivity index (χ0) is 12.2. The van der Waals surface area contributed by atoms with E-state index >= 15 is 0 Å². The summed E-state index contributed by atoms with van der Waals surface area (Å²) in [5.74, 6) is -0.866. The second-order valence-corrected chi connectivity index (χ2v) is 5.12. The van der Waals surface area contributed by atoms with E-state index in [0.717, 1.165) is 0 Å². The van der Waals surface area contributed by atoms with Crippen LogP contribution in [0.3, 0.4) is 0 Å². The van der Waals surface area contributed by atoms with E-state index in [1.807, 2.05) is 0 Å². The Morgan fingerprint density at radius 2 is 2.00 bits per heavy atom. The quantitative estimate of drug-likeness (QED) is 0.608. The molecule has 4 nitrogen and oxygen atoms in total. The molecule has 1 heterocycles. The number of hydrogen-bond acceptors (Lipinski definition) is 4. The maximum absolute atomic E-state index is 13.6. The summed E-state index contributed by atoms with van der Waals surface area (Å²) in [7, 11) is -3.64. The number of pyridine rings is 1. The molecule has 0 bridgehead atoms. The normalized spacial score (nSPS) is 11.8. The van der Waals surface area contributed by atoms with Gasteiger partial charge >= 0.3 is 7.60 Å². The lowest BCUT2D eigenvalue weighted by Crippen LogP contribution is -2.15. The molecule has 0 radical (unpaired) electrons. The van der Waals surface area contributed by atoms with Crippen molar-refractivity contribution in [2.75, 3.05) is 13.2 Å². The molecule has 0 aliphatic carbocycles. The smallest absolute Gasteiger partial charge is 0.305 e.